The minimum Gasteiger partial charge on any atom is -0.469 e. The normalized spacial score (nSPS) is 19.5. The summed E-state index contributed by atoms with van der Waals surface area (Å²) in [6, 6.07) is 4.22. The molecule has 1 N–H and O–H groups in total. The lowest BCUT2D eigenvalue weighted by Crippen LogP contribution is -2.57. The number of methoxy groups -OCH3 is 1. The number of hydrogen-bond acceptors (Lipinski definition) is 9. The van der Waals surface area contributed by atoms with Gasteiger partial charge in [-0.1, -0.05) is 43.9 Å². The number of carbonyl (C=O) groups excluding carboxylic acids is 3. The van der Waals surface area contributed by atoms with Gasteiger partial charge in [-0.2, -0.15) is 0 Å². The molecular weight excluding hydrogens is 502 g/mol. The van der Waals surface area contributed by atoms with Gasteiger partial charge in [0.15, 0.2) is 0 Å². The quantitative estimate of drug-likeness (QED) is 0.326. The first-order valence-corrected chi connectivity index (χ1v) is 12.8. The van der Waals surface area contributed by atoms with Crippen LogP contribution in [-0.4, -0.2) is 69.2 Å². The number of fused-ring (bicyclic) bond motifs is 1. The smallest absolute Gasteiger partial charge is 0.308 e. The number of nitrogens with one attached hydrogen (secondary N) is 1. The molecule has 0 aromatic carbocycles. The minimum atomic E-state index is -0.919. The lowest BCUT2D eigenvalue weighted by molar-refractivity contribution is -0.143. The molecule has 4 rings (SSSR count). The van der Waals surface area contributed by atoms with Crippen molar-refractivity contribution in [1.82, 2.24) is 19.6 Å². The maximum absolute atomic E-state index is 13.6. The number of carbonyl (C=O) groups is 3. The van der Waals surface area contributed by atoms with Gasteiger partial charge in [0.25, 0.3) is 11.5 Å². The minimum absolute atomic E-state index is 0.146. The van der Waals surface area contributed by atoms with Crippen LogP contribution in [0.2, 0.25) is 0 Å². The van der Waals surface area contributed by atoms with Crippen molar-refractivity contribution in [2.24, 2.45) is 5.92 Å². The summed E-state index contributed by atoms with van der Waals surface area (Å²) in [6.45, 7) is 5.26. The zero-order valence-electron chi connectivity index (χ0n) is 20.2. The molecule has 2 amide bonds. The third-order valence-electron chi connectivity index (χ3n) is 6.02. The molecule has 190 valence electrons. The van der Waals surface area contributed by atoms with Crippen LogP contribution in [0.1, 0.15) is 32.3 Å². The molecule has 2 aliphatic heterocycles. The fourth-order valence-corrected chi connectivity index (χ4v) is 5.35. The van der Waals surface area contributed by atoms with Crippen molar-refractivity contribution in [3.8, 4) is 0 Å². The molecule has 2 saturated heterocycles. The molecule has 0 saturated carbocycles. The standard InChI is InChI=1S/C24H27N5O5S2/c1-14(2)7-10-29-23(33)17(36-24(29)35)12-15-20(26-18-6-4-5-9-28(18)22(15)32)27-11-8-25-21(31)16(27)13-19(30)34-3/h4-6,9,12,14,16H,7-8,10-11,13H2,1-3H3,(H,25,31)/b17-12-/t16-/m1/s1. The lowest BCUT2D eigenvalue weighted by atomic mass is 10.1. The summed E-state index contributed by atoms with van der Waals surface area (Å²) in [5, 5.41) is 2.75. The highest BCUT2D eigenvalue weighted by Gasteiger charge is 2.36. The Morgan fingerprint density at radius 2 is 2.11 bits per heavy atom. The third-order valence-corrected chi connectivity index (χ3v) is 7.40. The van der Waals surface area contributed by atoms with Gasteiger partial charge in [-0.3, -0.25) is 28.5 Å². The molecule has 10 nitrogen and oxygen atoms in total. The molecule has 1 atom stereocenters. The Labute approximate surface area is 217 Å². The first kappa shape index (κ1) is 25.8. The summed E-state index contributed by atoms with van der Waals surface area (Å²) >= 11 is 6.57. The SMILES string of the molecule is COC(=O)C[C@@H]1C(=O)NCCN1c1nc2ccccn2c(=O)c1/C=C1\SC(=S)N(CCC(C)C)C1=O. The molecule has 0 unspecified atom stereocenters. The number of piperazine rings is 1. The second-order valence-corrected chi connectivity index (χ2v) is 10.6. The molecule has 2 aromatic rings. The Morgan fingerprint density at radius 3 is 2.83 bits per heavy atom. The van der Waals surface area contributed by atoms with Crippen LogP contribution in [0, 0.1) is 5.92 Å². The maximum Gasteiger partial charge on any atom is 0.308 e. The van der Waals surface area contributed by atoms with Gasteiger partial charge in [0.2, 0.25) is 5.91 Å². The van der Waals surface area contributed by atoms with Crippen LogP contribution in [0.3, 0.4) is 0 Å². The number of anilines is 1. The van der Waals surface area contributed by atoms with Crippen molar-refractivity contribution < 1.29 is 19.1 Å². The molecule has 4 heterocycles. The van der Waals surface area contributed by atoms with Crippen LogP contribution in [0.15, 0.2) is 34.1 Å². The number of nitrogens with zero attached hydrogens (tertiary/aromatic N) is 4. The fraction of sp³-hybridized carbons (Fsp3) is 0.417. The second kappa shape index (κ2) is 10.8. The largest absolute Gasteiger partial charge is 0.469 e. The number of rotatable bonds is 7. The van der Waals surface area contributed by atoms with E-state index in [1.807, 2.05) is 0 Å². The number of ether oxygens (including phenoxy) is 1. The van der Waals surface area contributed by atoms with Gasteiger partial charge < -0.3 is 15.0 Å². The van der Waals surface area contributed by atoms with E-state index < -0.39 is 17.6 Å². The Bertz CT molecular complexity index is 1320. The van der Waals surface area contributed by atoms with Crippen LogP contribution >= 0.6 is 24.0 Å². The number of thioether (sulfide) groups is 1. The van der Waals surface area contributed by atoms with Crippen LogP contribution in [0.5, 0.6) is 0 Å². The third kappa shape index (κ3) is 5.14. The summed E-state index contributed by atoms with van der Waals surface area (Å²) in [5.74, 6) is -0.574. The van der Waals surface area contributed by atoms with Crippen LogP contribution < -0.4 is 15.8 Å². The van der Waals surface area contributed by atoms with E-state index in [4.69, 9.17) is 17.0 Å². The summed E-state index contributed by atoms with van der Waals surface area (Å²) in [6.07, 6.45) is 3.67. The van der Waals surface area contributed by atoms with Crippen molar-refractivity contribution >= 4 is 63.6 Å². The van der Waals surface area contributed by atoms with E-state index in [0.717, 1.165) is 18.2 Å². The average molecular weight is 530 g/mol. The summed E-state index contributed by atoms with van der Waals surface area (Å²) in [4.78, 5) is 59.8. The topological polar surface area (TPSA) is 113 Å². The fourth-order valence-electron chi connectivity index (χ4n) is 4.06. The van der Waals surface area contributed by atoms with E-state index >= 15 is 0 Å². The predicted octanol–water partition coefficient (Wildman–Crippen LogP) is 1.81. The molecule has 2 aliphatic rings. The van der Waals surface area contributed by atoms with Crippen LogP contribution in [-0.2, 0) is 19.1 Å². The number of aromatic nitrogens is 2. The molecule has 0 bridgehead atoms. The molecule has 0 radical (unpaired) electrons. The molecule has 36 heavy (non-hydrogen) atoms. The highest BCUT2D eigenvalue weighted by molar-refractivity contribution is 8.26. The highest BCUT2D eigenvalue weighted by Crippen LogP contribution is 2.34. The number of esters is 1. The van der Waals surface area contributed by atoms with E-state index in [1.54, 1.807) is 34.2 Å². The van der Waals surface area contributed by atoms with Crippen molar-refractivity contribution in [3.05, 3.63) is 45.2 Å². The lowest BCUT2D eigenvalue weighted by Gasteiger charge is -2.36. The number of pyridine rings is 1. The van der Waals surface area contributed by atoms with Gasteiger partial charge in [0.1, 0.15) is 21.8 Å². The van der Waals surface area contributed by atoms with Gasteiger partial charge in [-0.15, -0.1) is 0 Å². The maximum atomic E-state index is 13.6. The Balaban J connectivity index is 1.83. The van der Waals surface area contributed by atoms with E-state index in [1.165, 1.54) is 17.6 Å². The van der Waals surface area contributed by atoms with Gasteiger partial charge in [-0.25, -0.2) is 4.98 Å². The van der Waals surface area contributed by atoms with Gasteiger partial charge in [0, 0.05) is 25.8 Å². The van der Waals surface area contributed by atoms with E-state index in [2.05, 4.69) is 24.1 Å². The van der Waals surface area contributed by atoms with E-state index in [0.29, 0.717) is 40.4 Å². The predicted molar refractivity (Wildman–Crippen MR) is 142 cm³/mol. The number of hydrogen-bond donors (Lipinski definition) is 1. The number of thiocarbonyl (C=S) groups is 1. The van der Waals surface area contributed by atoms with Crippen molar-refractivity contribution in [2.75, 3.05) is 31.6 Å². The van der Waals surface area contributed by atoms with Crippen molar-refractivity contribution in [3.63, 3.8) is 0 Å². The van der Waals surface area contributed by atoms with Gasteiger partial charge in [-0.05, 0) is 30.5 Å². The number of amides is 2. The monoisotopic (exact) mass is 529 g/mol. The second-order valence-electron chi connectivity index (χ2n) is 8.88. The zero-order chi connectivity index (χ0) is 26.0. The highest BCUT2D eigenvalue weighted by atomic mass is 32.2. The van der Waals surface area contributed by atoms with Crippen molar-refractivity contribution in [2.45, 2.75) is 32.7 Å². The summed E-state index contributed by atoms with van der Waals surface area (Å²) in [7, 11) is 1.25. The first-order valence-electron chi connectivity index (χ1n) is 11.6. The molecule has 12 heteroatoms. The average Bonchev–Trinajstić information content (AvgIpc) is 3.12. The van der Waals surface area contributed by atoms with Crippen LogP contribution in [0.4, 0.5) is 5.82 Å². The Kier molecular flexibility index (Phi) is 7.74. The molecule has 2 fully saturated rings. The van der Waals surface area contributed by atoms with E-state index in [-0.39, 0.29) is 29.6 Å². The molecular formula is C24H27N5O5S2. The Hall–Kier alpha value is -3.25. The van der Waals surface area contributed by atoms with Crippen molar-refractivity contribution in [1.29, 1.82) is 0 Å². The van der Waals surface area contributed by atoms with Gasteiger partial charge in [0.05, 0.1) is 24.0 Å². The summed E-state index contributed by atoms with van der Waals surface area (Å²) < 4.78 is 6.60. The Morgan fingerprint density at radius 1 is 1.33 bits per heavy atom. The first-order chi connectivity index (χ1) is 17.2. The zero-order valence-corrected chi connectivity index (χ0v) is 21.9. The van der Waals surface area contributed by atoms with E-state index in [9.17, 15) is 19.2 Å². The molecule has 0 aliphatic carbocycles. The molecule has 0 spiro atoms. The van der Waals surface area contributed by atoms with Crippen LogP contribution in [0.25, 0.3) is 11.7 Å². The van der Waals surface area contributed by atoms with Gasteiger partial charge >= 0.3 is 5.97 Å². The molecule has 2 aromatic heterocycles. The summed E-state index contributed by atoms with van der Waals surface area (Å²) in [5.41, 5.74) is 0.125.